The Balaban J connectivity index is 1.77. The summed E-state index contributed by atoms with van der Waals surface area (Å²) in [6.45, 7) is 1.31. The average Bonchev–Trinajstić information content (AvgIpc) is 3.04. The molecule has 0 spiro atoms. The number of hydrogen-bond acceptors (Lipinski definition) is 5. The number of urea groups is 1. The summed E-state index contributed by atoms with van der Waals surface area (Å²) in [6.07, 6.45) is 0. The number of aromatic nitrogens is 3. The molecule has 2 heterocycles. The van der Waals surface area contributed by atoms with Gasteiger partial charge in [-0.05, 0) is 12.5 Å². The number of fused-ring (bicyclic) bond motifs is 1. The molecule has 130 valence electrons. The van der Waals surface area contributed by atoms with E-state index in [1.165, 1.54) is 0 Å². The topological polar surface area (TPSA) is 123 Å². The average molecular weight is 341 g/mol. The first-order valence-electron chi connectivity index (χ1n) is 7.83. The van der Waals surface area contributed by atoms with Crippen LogP contribution in [-0.4, -0.2) is 31.4 Å². The van der Waals surface area contributed by atoms with E-state index in [0.717, 1.165) is 5.56 Å². The Kier molecular flexibility index (Phi) is 4.92. The van der Waals surface area contributed by atoms with E-state index in [2.05, 4.69) is 25.8 Å². The molecule has 0 aliphatic carbocycles. The van der Waals surface area contributed by atoms with Crippen LogP contribution in [0.4, 0.5) is 10.6 Å². The molecule has 0 radical (unpaired) electrons. The third-order valence-electron chi connectivity index (χ3n) is 3.88. The van der Waals surface area contributed by atoms with Gasteiger partial charge in [0.05, 0.1) is 36.2 Å². The Hall–Kier alpha value is -2.97. The molecule has 0 saturated heterocycles. The molecule has 1 unspecified atom stereocenters. The van der Waals surface area contributed by atoms with Gasteiger partial charge in [0.1, 0.15) is 5.82 Å². The summed E-state index contributed by atoms with van der Waals surface area (Å²) in [5.74, 6) is 0.269. The molecule has 0 aliphatic rings. The monoisotopic (exact) mass is 341 g/mol. The summed E-state index contributed by atoms with van der Waals surface area (Å²) in [5.41, 5.74) is 2.30. The maximum absolute atomic E-state index is 12.2. The van der Waals surface area contributed by atoms with Gasteiger partial charge < -0.3 is 15.5 Å². The lowest BCUT2D eigenvalue weighted by Crippen LogP contribution is -2.31. The van der Waals surface area contributed by atoms with E-state index in [1.807, 2.05) is 37.3 Å². The largest absolute Gasteiger partial charge is 0.390 e. The SMILES string of the molecule is CC(NC(=O)Nc1cc2n[nH]c(CO)c2c(CO)n1)c1ccccc1. The highest BCUT2D eigenvalue weighted by Crippen LogP contribution is 2.23. The van der Waals surface area contributed by atoms with E-state index in [0.29, 0.717) is 22.3 Å². The summed E-state index contributed by atoms with van der Waals surface area (Å²) >= 11 is 0. The van der Waals surface area contributed by atoms with Crippen LogP contribution in [0.1, 0.15) is 29.9 Å². The molecule has 0 aliphatic heterocycles. The first-order chi connectivity index (χ1) is 12.1. The number of aliphatic hydroxyl groups is 2. The molecule has 25 heavy (non-hydrogen) atoms. The van der Waals surface area contributed by atoms with Crippen molar-refractivity contribution in [2.24, 2.45) is 0 Å². The van der Waals surface area contributed by atoms with E-state index >= 15 is 0 Å². The summed E-state index contributed by atoms with van der Waals surface area (Å²) in [6, 6.07) is 10.6. The van der Waals surface area contributed by atoms with Gasteiger partial charge in [-0.1, -0.05) is 30.3 Å². The van der Waals surface area contributed by atoms with Gasteiger partial charge in [-0.15, -0.1) is 0 Å². The fourth-order valence-corrected chi connectivity index (χ4v) is 2.65. The maximum Gasteiger partial charge on any atom is 0.320 e. The molecule has 2 amide bonds. The molecule has 0 bridgehead atoms. The third kappa shape index (κ3) is 3.59. The number of aliphatic hydroxyl groups excluding tert-OH is 2. The highest BCUT2D eigenvalue weighted by atomic mass is 16.3. The van der Waals surface area contributed by atoms with Crippen molar-refractivity contribution in [2.45, 2.75) is 26.2 Å². The summed E-state index contributed by atoms with van der Waals surface area (Å²) < 4.78 is 0. The Morgan fingerprint density at radius 2 is 2.00 bits per heavy atom. The van der Waals surface area contributed by atoms with Crippen LogP contribution in [0.25, 0.3) is 10.9 Å². The summed E-state index contributed by atoms with van der Waals surface area (Å²) in [5, 5.41) is 31.6. The number of pyridine rings is 1. The number of carbonyl (C=O) groups is 1. The normalized spacial score (nSPS) is 12.1. The van der Waals surface area contributed by atoms with E-state index in [1.54, 1.807) is 6.07 Å². The first-order valence-corrected chi connectivity index (χ1v) is 7.83. The summed E-state index contributed by atoms with van der Waals surface area (Å²) in [4.78, 5) is 16.4. The number of H-pyrrole nitrogens is 1. The van der Waals surface area contributed by atoms with Crippen molar-refractivity contribution in [1.29, 1.82) is 0 Å². The molecular weight excluding hydrogens is 322 g/mol. The molecule has 3 aromatic rings. The number of amides is 2. The van der Waals surface area contributed by atoms with Gasteiger partial charge in [0.25, 0.3) is 0 Å². The molecule has 0 saturated carbocycles. The van der Waals surface area contributed by atoms with Gasteiger partial charge in [0.15, 0.2) is 0 Å². The highest BCUT2D eigenvalue weighted by Gasteiger charge is 2.15. The number of benzene rings is 1. The fraction of sp³-hybridized carbons (Fsp3) is 0.235. The number of hydrogen-bond donors (Lipinski definition) is 5. The van der Waals surface area contributed by atoms with Crippen LogP contribution in [0.2, 0.25) is 0 Å². The minimum atomic E-state index is -0.412. The van der Waals surface area contributed by atoms with Crippen LogP contribution in [0.15, 0.2) is 36.4 Å². The van der Waals surface area contributed by atoms with Crippen molar-refractivity contribution >= 4 is 22.8 Å². The van der Waals surface area contributed by atoms with Crippen molar-refractivity contribution < 1.29 is 15.0 Å². The lowest BCUT2D eigenvalue weighted by molar-refractivity contribution is 0.249. The standard InChI is InChI=1S/C17H19N5O3/c1-10(11-5-3-2-4-6-11)18-17(25)20-15-7-12-16(13(8-23)19-15)14(9-24)22-21-12/h2-7,10,23-24H,8-9H2,1H3,(H,21,22)(H2,18,19,20,25). The van der Waals surface area contributed by atoms with Gasteiger partial charge in [-0.3, -0.25) is 10.4 Å². The number of nitrogens with one attached hydrogen (secondary N) is 3. The molecule has 1 atom stereocenters. The second-order valence-corrected chi connectivity index (χ2v) is 5.60. The molecular formula is C17H19N5O3. The van der Waals surface area contributed by atoms with Gasteiger partial charge in [-0.25, -0.2) is 9.78 Å². The molecule has 5 N–H and O–H groups in total. The van der Waals surface area contributed by atoms with E-state index in [-0.39, 0.29) is 25.1 Å². The van der Waals surface area contributed by atoms with Crippen LogP contribution in [0.3, 0.4) is 0 Å². The maximum atomic E-state index is 12.2. The van der Waals surface area contributed by atoms with E-state index in [9.17, 15) is 15.0 Å². The van der Waals surface area contributed by atoms with Gasteiger partial charge in [0.2, 0.25) is 0 Å². The molecule has 1 aromatic carbocycles. The number of carbonyl (C=O) groups excluding carboxylic acids is 1. The van der Waals surface area contributed by atoms with E-state index < -0.39 is 6.03 Å². The number of aromatic amines is 1. The second kappa shape index (κ2) is 7.29. The van der Waals surface area contributed by atoms with Crippen LogP contribution in [0, 0.1) is 0 Å². The third-order valence-corrected chi connectivity index (χ3v) is 3.88. The van der Waals surface area contributed by atoms with Crippen molar-refractivity contribution in [1.82, 2.24) is 20.5 Å². The van der Waals surface area contributed by atoms with Crippen molar-refractivity contribution in [3.05, 3.63) is 53.3 Å². The smallest absolute Gasteiger partial charge is 0.320 e. The zero-order valence-electron chi connectivity index (χ0n) is 13.7. The number of rotatable bonds is 5. The molecule has 3 rings (SSSR count). The van der Waals surface area contributed by atoms with Crippen LogP contribution in [-0.2, 0) is 13.2 Å². The molecule has 8 nitrogen and oxygen atoms in total. The zero-order chi connectivity index (χ0) is 17.8. The van der Waals surface area contributed by atoms with Crippen LogP contribution in [0.5, 0.6) is 0 Å². The number of nitrogens with zero attached hydrogens (tertiary/aromatic N) is 2. The molecule has 0 fully saturated rings. The Labute approximate surface area is 143 Å². The Morgan fingerprint density at radius 3 is 2.68 bits per heavy atom. The summed E-state index contributed by atoms with van der Waals surface area (Å²) in [7, 11) is 0. The molecule has 8 heteroatoms. The molecule has 2 aromatic heterocycles. The second-order valence-electron chi connectivity index (χ2n) is 5.60. The number of anilines is 1. The lowest BCUT2D eigenvalue weighted by Gasteiger charge is -2.15. The zero-order valence-corrected chi connectivity index (χ0v) is 13.7. The van der Waals surface area contributed by atoms with Crippen molar-refractivity contribution in [3.63, 3.8) is 0 Å². The minimum absolute atomic E-state index is 0.173. The predicted molar refractivity (Wildman–Crippen MR) is 92.7 cm³/mol. The van der Waals surface area contributed by atoms with Crippen LogP contribution >= 0.6 is 0 Å². The predicted octanol–water partition coefficient (Wildman–Crippen LogP) is 1.83. The Morgan fingerprint density at radius 1 is 1.24 bits per heavy atom. The Bertz CT molecular complexity index is 879. The minimum Gasteiger partial charge on any atom is -0.390 e. The van der Waals surface area contributed by atoms with Gasteiger partial charge in [-0.2, -0.15) is 5.10 Å². The fourth-order valence-electron chi connectivity index (χ4n) is 2.65. The van der Waals surface area contributed by atoms with Crippen molar-refractivity contribution in [2.75, 3.05) is 5.32 Å². The van der Waals surface area contributed by atoms with Gasteiger partial charge in [0, 0.05) is 11.5 Å². The quantitative estimate of drug-likeness (QED) is 0.484. The van der Waals surface area contributed by atoms with Crippen molar-refractivity contribution in [3.8, 4) is 0 Å². The first kappa shape index (κ1) is 16.9. The van der Waals surface area contributed by atoms with E-state index in [4.69, 9.17) is 0 Å². The van der Waals surface area contributed by atoms with Gasteiger partial charge >= 0.3 is 6.03 Å². The van der Waals surface area contributed by atoms with Crippen LogP contribution < -0.4 is 10.6 Å². The highest BCUT2D eigenvalue weighted by molar-refractivity contribution is 5.92. The lowest BCUT2D eigenvalue weighted by atomic mass is 10.1.